The Hall–Kier alpha value is -1.75. The number of amides is 1. The lowest BCUT2D eigenvalue weighted by molar-refractivity contribution is -0.133. The standard InChI is InChI=1S/C16H22N2O3/c1-11-5-6-17-13(7-11)16(19)18(2)9-12-3-4-14-15(8-12)21-10-20-14/h3-4,8,11,13,17H,5-7,9-10H2,1-2H3. The predicted octanol–water partition coefficient (Wildman–Crippen LogP) is 1.76. The van der Waals surface area contributed by atoms with Crippen molar-refractivity contribution in [2.45, 2.75) is 32.4 Å². The number of likely N-dealkylation sites (N-methyl/N-ethyl adjacent to an activating group) is 1. The van der Waals surface area contributed by atoms with Gasteiger partial charge >= 0.3 is 0 Å². The number of hydrogen-bond acceptors (Lipinski definition) is 4. The second kappa shape index (κ2) is 5.93. The van der Waals surface area contributed by atoms with Crippen LogP contribution < -0.4 is 14.8 Å². The normalized spacial score (nSPS) is 23.9. The van der Waals surface area contributed by atoms with Gasteiger partial charge in [0.2, 0.25) is 12.7 Å². The molecule has 0 radical (unpaired) electrons. The molecule has 0 aliphatic carbocycles. The molecule has 2 unspecified atom stereocenters. The molecule has 1 saturated heterocycles. The molecule has 3 rings (SSSR count). The van der Waals surface area contributed by atoms with Gasteiger partial charge in [0, 0.05) is 13.6 Å². The van der Waals surface area contributed by atoms with Crippen molar-refractivity contribution in [3.63, 3.8) is 0 Å². The van der Waals surface area contributed by atoms with E-state index in [4.69, 9.17) is 9.47 Å². The fraction of sp³-hybridized carbons (Fsp3) is 0.562. The summed E-state index contributed by atoms with van der Waals surface area (Å²) in [4.78, 5) is 14.3. The van der Waals surface area contributed by atoms with Gasteiger partial charge in [0.05, 0.1) is 6.04 Å². The van der Waals surface area contributed by atoms with Crippen LogP contribution in [0.3, 0.4) is 0 Å². The van der Waals surface area contributed by atoms with Gasteiger partial charge < -0.3 is 19.7 Å². The first-order valence-corrected chi connectivity index (χ1v) is 7.50. The van der Waals surface area contributed by atoms with E-state index in [2.05, 4.69) is 12.2 Å². The maximum absolute atomic E-state index is 12.5. The summed E-state index contributed by atoms with van der Waals surface area (Å²) in [5, 5.41) is 3.32. The van der Waals surface area contributed by atoms with Gasteiger partial charge in [-0.2, -0.15) is 0 Å². The molecule has 2 heterocycles. The molecule has 2 atom stereocenters. The summed E-state index contributed by atoms with van der Waals surface area (Å²) in [6.07, 6.45) is 2.07. The molecule has 5 heteroatoms. The summed E-state index contributed by atoms with van der Waals surface area (Å²) < 4.78 is 10.7. The fourth-order valence-corrected chi connectivity index (χ4v) is 2.95. The number of nitrogens with one attached hydrogen (secondary N) is 1. The quantitative estimate of drug-likeness (QED) is 0.921. The highest BCUT2D eigenvalue weighted by molar-refractivity contribution is 5.81. The van der Waals surface area contributed by atoms with Crippen LogP contribution in [0.25, 0.3) is 0 Å². The molecule has 0 saturated carbocycles. The first-order chi connectivity index (χ1) is 10.1. The highest BCUT2D eigenvalue weighted by atomic mass is 16.7. The minimum absolute atomic E-state index is 0.0484. The average Bonchev–Trinajstić information content (AvgIpc) is 2.94. The van der Waals surface area contributed by atoms with E-state index in [0.29, 0.717) is 12.5 Å². The lowest BCUT2D eigenvalue weighted by atomic mass is 9.93. The van der Waals surface area contributed by atoms with Gasteiger partial charge in [0.25, 0.3) is 0 Å². The van der Waals surface area contributed by atoms with Crippen LogP contribution in [0, 0.1) is 5.92 Å². The molecule has 114 valence electrons. The third-order valence-corrected chi connectivity index (χ3v) is 4.20. The highest BCUT2D eigenvalue weighted by Crippen LogP contribution is 2.32. The maximum atomic E-state index is 12.5. The third kappa shape index (κ3) is 3.13. The second-order valence-electron chi connectivity index (χ2n) is 6.02. The van der Waals surface area contributed by atoms with Crippen LogP contribution in [-0.2, 0) is 11.3 Å². The molecule has 2 aliphatic rings. The lowest BCUT2D eigenvalue weighted by Gasteiger charge is -2.30. The smallest absolute Gasteiger partial charge is 0.239 e. The van der Waals surface area contributed by atoms with E-state index in [0.717, 1.165) is 36.4 Å². The monoisotopic (exact) mass is 290 g/mol. The first kappa shape index (κ1) is 14.2. The van der Waals surface area contributed by atoms with Crippen LogP contribution in [-0.4, -0.2) is 37.2 Å². The Morgan fingerprint density at radius 2 is 2.19 bits per heavy atom. The number of carbonyl (C=O) groups excluding carboxylic acids is 1. The van der Waals surface area contributed by atoms with Crippen molar-refractivity contribution in [1.82, 2.24) is 10.2 Å². The van der Waals surface area contributed by atoms with E-state index in [1.165, 1.54) is 0 Å². The topological polar surface area (TPSA) is 50.8 Å². The molecular formula is C16H22N2O3. The van der Waals surface area contributed by atoms with Crippen LogP contribution in [0.15, 0.2) is 18.2 Å². The Kier molecular flexibility index (Phi) is 4.01. The minimum atomic E-state index is -0.0484. The van der Waals surface area contributed by atoms with E-state index in [9.17, 15) is 4.79 Å². The Labute approximate surface area is 125 Å². The number of fused-ring (bicyclic) bond motifs is 1. The van der Waals surface area contributed by atoms with Crippen LogP contribution in [0.4, 0.5) is 0 Å². The van der Waals surface area contributed by atoms with Crippen molar-refractivity contribution in [2.24, 2.45) is 5.92 Å². The zero-order chi connectivity index (χ0) is 14.8. The lowest BCUT2D eigenvalue weighted by Crippen LogP contribution is -2.48. The van der Waals surface area contributed by atoms with Gasteiger partial charge in [-0.15, -0.1) is 0 Å². The summed E-state index contributed by atoms with van der Waals surface area (Å²) >= 11 is 0. The van der Waals surface area contributed by atoms with Gasteiger partial charge in [-0.3, -0.25) is 4.79 Å². The molecular weight excluding hydrogens is 268 g/mol. The van der Waals surface area contributed by atoms with Crippen molar-refractivity contribution in [1.29, 1.82) is 0 Å². The highest BCUT2D eigenvalue weighted by Gasteiger charge is 2.27. The van der Waals surface area contributed by atoms with Crippen molar-refractivity contribution >= 4 is 5.91 Å². The molecule has 2 aliphatic heterocycles. The number of nitrogens with zero attached hydrogens (tertiary/aromatic N) is 1. The van der Waals surface area contributed by atoms with Crippen molar-refractivity contribution in [3.05, 3.63) is 23.8 Å². The number of rotatable bonds is 3. The molecule has 0 spiro atoms. The maximum Gasteiger partial charge on any atom is 0.239 e. The molecule has 21 heavy (non-hydrogen) atoms. The van der Waals surface area contributed by atoms with E-state index in [-0.39, 0.29) is 18.7 Å². The van der Waals surface area contributed by atoms with Gasteiger partial charge in [-0.05, 0) is 43.0 Å². The molecule has 1 N–H and O–H groups in total. The molecule has 1 fully saturated rings. The van der Waals surface area contributed by atoms with Crippen LogP contribution in [0.1, 0.15) is 25.3 Å². The van der Waals surface area contributed by atoms with Crippen LogP contribution >= 0.6 is 0 Å². The Bertz CT molecular complexity index is 532. The number of carbonyl (C=O) groups is 1. The van der Waals surface area contributed by atoms with E-state index in [1.54, 1.807) is 4.90 Å². The summed E-state index contributed by atoms with van der Waals surface area (Å²) in [6.45, 7) is 3.99. The van der Waals surface area contributed by atoms with Crippen LogP contribution in [0.2, 0.25) is 0 Å². The zero-order valence-electron chi connectivity index (χ0n) is 12.6. The van der Waals surface area contributed by atoms with Gasteiger partial charge in [-0.25, -0.2) is 0 Å². The van der Waals surface area contributed by atoms with E-state index in [1.807, 2.05) is 25.2 Å². The summed E-state index contributed by atoms with van der Waals surface area (Å²) in [5.74, 6) is 2.31. The Balaban J connectivity index is 1.62. The average molecular weight is 290 g/mol. The van der Waals surface area contributed by atoms with Gasteiger partial charge in [-0.1, -0.05) is 13.0 Å². The van der Waals surface area contributed by atoms with E-state index < -0.39 is 0 Å². The van der Waals surface area contributed by atoms with E-state index >= 15 is 0 Å². The number of ether oxygens (including phenoxy) is 2. The predicted molar refractivity (Wildman–Crippen MR) is 79.2 cm³/mol. The van der Waals surface area contributed by atoms with Gasteiger partial charge in [0.15, 0.2) is 11.5 Å². The summed E-state index contributed by atoms with van der Waals surface area (Å²) in [6, 6.07) is 5.78. The Morgan fingerprint density at radius 1 is 1.38 bits per heavy atom. The van der Waals surface area contributed by atoms with Crippen molar-refractivity contribution in [3.8, 4) is 11.5 Å². The molecule has 1 aromatic carbocycles. The molecule has 1 aromatic rings. The molecule has 0 aromatic heterocycles. The van der Waals surface area contributed by atoms with Crippen LogP contribution in [0.5, 0.6) is 11.5 Å². The van der Waals surface area contributed by atoms with Crippen molar-refractivity contribution in [2.75, 3.05) is 20.4 Å². The minimum Gasteiger partial charge on any atom is -0.454 e. The Morgan fingerprint density at radius 3 is 3.00 bits per heavy atom. The first-order valence-electron chi connectivity index (χ1n) is 7.50. The zero-order valence-corrected chi connectivity index (χ0v) is 12.6. The second-order valence-corrected chi connectivity index (χ2v) is 6.02. The molecule has 1 amide bonds. The third-order valence-electron chi connectivity index (χ3n) is 4.20. The van der Waals surface area contributed by atoms with Crippen molar-refractivity contribution < 1.29 is 14.3 Å². The summed E-state index contributed by atoms with van der Waals surface area (Å²) in [7, 11) is 1.86. The SMILES string of the molecule is CC1CCNC(C(=O)N(C)Cc2ccc3c(c2)OCO3)C1. The number of piperidine rings is 1. The number of benzene rings is 1. The number of hydrogen-bond donors (Lipinski definition) is 1. The van der Waals surface area contributed by atoms with Gasteiger partial charge in [0.1, 0.15) is 0 Å². The largest absolute Gasteiger partial charge is 0.454 e. The molecule has 0 bridgehead atoms. The summed E-state index contributed by atoms with van der Waals surface area (Å²) in [5.41, 5.74) is 1.05. The molecule has 5 nitrogen and oxygen atoms in total. The fourth-order valence-electron chi connectivity index (χ4n) is 2.95.